The van der Waals surface area contributed by atoms with Crippen LogP contribution in [-0.2, 0) is 6.42 Å². The molecule has 1 aromatic carbocycles. The summed E-state index contributed by atoms with van der Waals surface area (Å²) in [6.07, 6.45) is 5.97. The Bertz CT molecular complexity index is 746. The van der Waals surface area contributed by atoms with Gasteiger partial charge >= 0.3 is 0 Å². The molecule has 3 aromatic rings. The van der Waals surface area contributed by atoms with Crippen LogP contribution in [0.4, 0.5) is 17.5 Å². The van der Waals surface area contributed by atoms with Crippen molar-refractivity contribution in [3.05, 3.63) is 66.6 Å². The largest absolute Gasteiger partial charge is 0.508 e. The quantitative estimate of drug-likeness (QED) is 0.649. The molecule has 0 bridgehead atoms. The van der Waals surface area contributed by atoms with Crippen LogP contribution in [0.2, 0.25) is 0 Å². The van der Waals surface area contributed by atoms with E-state index in [2.05, 4.69) is 25.6 Å². The second kappa shape index (κ2) is 7.22. The monoisotopic (exact) mass is 307 g/mol. The maximum atomic E-state index is 9.27. The zero-order valence-electron chi connectivity index (χ0n) is 12.5. The second-order valence-corrected chi connectivity index (χ2v) is 4.97. The number of phenolic OH excluding ortho intramolecular Hbond substituents is 1. The molecule has 23 heavy (non-hydrogen) atoms. The van der Waals surface area contributed by atoms with E-state index in [1.807, 2.05) is 30.3 Å². The van der Waals surface area contributed by atoms with Gasteiger partial charge in [0.1, 0.15) is 11.6 Å². The van der Waals surface area contributed by atoms with Crippen molar-refractivity contribution in [2.45, 2.75) is 6.42 Å². The smallest absolute Gasteiger partial charge is 0.229 e. The molecular formula is C17H17N5O. The van der Waals surface area contributed by atoms with Crippen LogP contribution in [0, 0.1) is 0 Å². The van der Waals surface area contributed by atoms with Crippen molar-refractivity contribution in [1.29, 1.82) is 0 Å². The van der Waals surface area contributed by atoms with Crippen LogP contribution < -0.4 is 10.6 Å². The van der Waals surface area contributed by atoms with Gasteiger partial charge in [-0.2, -0.15) is 4.98 Å². The van der Waals surface area contributed by atoms with Crippen molar-refractivity contribution < 1.29 is 5.11 Å². The first-order valence-electron chi connectivity index (χ1n) is 7.31. The zero-order valence-corrected chi connectivity index (χ0v) is 12.5. The average molecular weight is 307 g/mol. The number of hydrogen-bond donors (Lipinski definition) is 3. The van der Waals surface area contributed by atoms with Gasteiger partial charge in [0, 0.05) is 30.8 Å². The minimum absolute atomic E-state index is 0.282. The third-order valence-electron chi connectivity index (χ3n) is 3.25. The fourth-order valence-corrected chi connectivity index (χ4v) is 2.08. The normalized spacial score (nSPS) is 10.3. The highest BCUT2D eigenvalue weighted by atomic mass is 16.3. The lowest BCUT2D eigenvalue weighted by atomic mass is 10.1. The van der Waals surface area contributed by atoms with E-state index in [0.717, 1.165) is 30.0 Å². The molecule has 0 fully saturated rings. The van der Waals surface area contributed by atoms with Crippen LogP contribution in [0.25, 0.3) is 0 Å². The topological polar surface area (TPSA) is 83.0 Å². The van der Waals surface area contributed by atoms with Crippen LogP contribution >= 0.6 is 0 Å². The summed E-state index contributed by atoms with van der Waals surface area (Å²) in [6.45, 7) is 0.747. The SMILES string of the molecule is Oc1ccc(CCNc2ccnc(Nc3ccncc3)n2)cc1. The molecule has 0 aliphatic rings. The van der Waals surface area contributed by atoms with Crippen molar-refractivity contribution in [3.63, 3.8) is 0 Å². The molecule has 0 spiro atoms. The Hall–Kier alpha value is -3.15. The van der Waals surface area contributed by atoms with Gasteiger partial charge in [-0.05, 0) is 42.3 Å². The fourth-order valence-electron chi connectivity index (χ4n) is 2.08. The minimum Gasteiger partial charge on any atom is -0.508 e. The van der Waals surface area contributed by atoms with E-state index in [9.17, 15) is 5.11 Å². The number of nitrogens with one attached hydrogen (secondary N) is 2. The van der Waals surface area contributed by atoms with Crippen molar-refractivity contribution in [3.8, 4) is 5.75 Å². The first kappa shape index (κ1) is 14.8. The molecule has 2 aromatic heterocycles. The molecule has 6 nitrogen and oxygen atoms in total. The van der Waals surface area contributed by atoms with Gasteiger partial charge in [0.25, 0.3) is 0 Å². The van der Waals surface area contributed by atoms with Crippen LogP contribution in [0.3, 0.4) is 0 Å². The van der Waals surface area contributed by atoms with Gasteiger partial charge < -0.3 is 15.7 Å². The Morgan fingerprint density at radius 2 is 1.70 bits per heavy atom. The van der Waals surface area contributed by atoms with Gasteiger partial charge in [0.15, 0.2) is 0 Å². The molecule has 0 radical (unpaired) electrons. The summed E-state index contributed by atoms with van der Waals surface area (Å²) in [6, 6.07) is 12.7. The van der Waals surface area contributed by atoms with E-state index in [1.54, 1.807) is 30.7 Å². The standard InChI is InChI=1S/C17H17N5O/c23-15-3-1-13(2-4-15)5-11-19-16-8-12-20-17(22-16)21-14-6-9-18-10-7-14/h1-4,6-10,12,23H,5,11H2,(H2,18,19,20,21,22). The minimum atomic E-state index is 0.282. The molecule has 0 aliphatic carbocycles. The lowest BCUT2D eigenvalue weighted by Crippen LogP contribution is -2.07. The summed E-state index contributed by atoms with van der Waals surface area (Å²) >= 11 is 0. The van der Waals surface area contributed by atoms with E-state index in [0.29, 0.717) is 5.95 Å². The zero-order chi connectivity index (χ0) is 15.9. The Kier molecular flexibility index (Phi) is 4.63. The maximum Gasteiger partial charge on any atom is 0.229 e. The predicted molar refractivity (Wildman–Crippen MR) is 89.9 cm³/mol. The Morgan fingerprint density at radius 1 is 0.913 bits per heavy atom. The van der Waals surface area contributed by atoms with E-state index in [1.165, 1.54) is 0 Å². The molecular weight excluding hydrogens is 290 g/mol. The number of hydrogen-bond acceptors (Lipinski definition) is 6. The number of anilines is 3. The number of rotatable bonds is 6. The summed E-state index contributed by atoms with van der Waals surface area (Å²) in [5, 5.41) is 15.7. The van der Waals surface area contributed by atoms with E-state index in [-0.39, 0.29) is 5.75 Å². The molecule has 116 valence electrons. The van der Waals surface area contributed by atoms with Gasteiger partial charge in [-0.1, -0.05) is 12.1 Å². The third-order valence-corrected chi connectivity index (χ3v) is 3.25. The molecule has 0 unspecified atom stereocenters. The van der Waals surface area contributed by atoms with Crippen LogP contribution in [0.1, 0.15) is 5.56 Å². The number of aromatic nitrogens is 3. The average Bonchev–Trinajstić information content (AvgIpc) is 2.58. The van der Waals surface area contributed by atoms with Crippen molar-refractivity contribution >= 4 is 17.5 Å². The highest BCUT2D eigenvalue weighted by molar-refractivity contribution is 5.53. The second-order valence-electron chi connectivity index (χ2n) is 4.97. The molecule has 0 atom stereocenters. The van der Waals surface area contributed by atoms with Crippen molar-refractivity contribution in [2.24, 2.45) is 0 Å². The van der Waals surface area contributed by atoms with Gasteiger partial charge in [-0.15, -0.1) is 0 Å². The molecule has 0 saturated heterocycles. The van der Waals surface area contributed by atoms with Gasteiger partial charge in [0.2, 0.25) is 5.95 Å². The van der Waals surface area contributed by atoms with Crippen molar-refractivity contribution in [2.75, 3.05) is 17.2 Å². The van der Waals surface area contributed by atoms with Gasteiger partial charge in [-0.3, -0.25) is 4.98 Å². The van der Waals surface area contributed by atoms with E-state index in [4.69, 9.17) is 0 Å². The lowest BCUT2D eigenvalue weighted by molar-refractivity contribution is 0.475. The van der Waals surface area contributed by atoms with Gasteiger partial charge in [0.05, 0.1) is 0 Å². The predicted octanol–water partition coefficient (Wildman–Crippen LogP) is 2.98. The number of pyridine rings is 1. The molecule has 3 N–H and O–H groups in total. The molecule has 3 rings (SSSR count). The Morgan fingerprint density at radius 3 is 2.48 bits per heavy atom. The fraction of sp³-hybridized carbons (Fsp3) is 0.118. The summed E-state index contributed by atoms with van der Waals surface area (Å²) in [4.78, 5) is 12.6. The Labute approximate surface area is 134 Å². The van der Waals surface area contributed by atoms with Gasteiger partial charge in [-0.25, -0.2) is 4.98 Å². The van der Waals surface area contributed by atoms with E-state index < -0.39 is 0 Å². The number of aromatic hydroxyl groups is 1. The molecule has 6 heteroatoms. The van der Waals surface area contributed by atoms with Crippen LogP contribution in [0.5, 0.6) is 5.75 Å². The first-order valence-corrected chi connectivity index (χ1v) is 7.31. The van der Waals surface area contributed by atoms with Crippen LogP contribution in [-0.4, -0.2) is 26.6 Å². The van der Waals surface area contributed by atoms with Crippen LogP contribution in [0.15, 0.2) is 61.1 Å². The van der Waals surface area contributed by atoms with Crippen molar-refractivity contribution in [1.82, 2.24) is 15.0 Å². The summed E-state index contributed by atoms with van der Waals surface area (Å²) < 4.78 is 0. The number of nitrogens with zero attached hydrogens (tertiary/aromatic N) is 3. The maximum absolute atomic E-state index is 9.27. The summed E-state index contributed by atoms with van der Waals surface area (Å²) in [5.41, 5.74) is 2.04. The lowest BCUT2D eigenvalue weighted by Gasteiger charge is -2.08. The number of benzene rings is 1. The first-order chi connectivity index (χ1) is 11.3. The number of phenols is 1. The Balaban J connectivity index is 1.56. The highest BCUT2D eigenvalue weighted by Gasteiger charge is 2.00. The summed E-state index contributed by atoms with van der Waals surface area (Å²) in [7, 11) is 0. The molecule has 0 saturated carbocycles. The summed E-state index contributed by atoms with van der Waals surface area (Å²) in [5.74, 6) is 1.57. The molecule has 0 aliphatic heterocycles. The molecule has 0 amide bonds. The van der Waals surface area contributed by atoms with E-state index >= 15 is 0 Å². The highest BCUT2D eigenvalue weighted by Crippen LogP contribution is 2.13. The third kappa shape index (κ3) is 4.41. The molecule has 2 heterocycles.